The lowest BCUT2D eigenvalue weighted by atomic mass is 10.1. The highest BCUT2D eigenvalue weighted by Gasteiger charge is 2.23. The van der Waals surface area contributed by atoms with Gasteiger partial charge < -0.3 is 9.80 Å². The molecule has 0 bridgehead atoms. The summed E-state index contributed by atoms with van der Waals surface area (Å²) in [7, 11) is 0. The Kier molecular flexibility index (Phi) is 6.66. The fraction of sp³-hybridized carbons (Fsp3) is 0.286. The summed E-state index contributed by atoms with van der Waals surface area (Å²) >= 11 is 1.27. The first-order valence-electron chi connectivity index (χ1n) is 8.98. The molecule has 2 aromatic carbocycles. The molecule has 1 aliphatic heterocycles. The van der Waals surface area contributed by atoms with Crippen LogP contribution in [0.25, 0.3) is 0 Å². The van der Waals surface area contributed by atoms with Gasteiger partial charge in [0.2, 0.25) is 5.91 Å². The van der Waals surface area contributed by atoms with Crippen molar-refractivity contribution >= 4 is 22.9 Å². The maximum atomic E-state index is 13.5. The van der Waals surface area contributed by atoms with Crippen LogP contribution in [-0.4, -0.2) is 39.8 Å². The van der Waals surface area contributed by atoms with Gasteiger partial charge in [-0.25, -0.2) is 4.39 Å². The molecule has 1 fully saturated rings. The number of hydrogen-bond acceptors (Lipinski definition) is 4. The van der Waals surface area contributed by atoms with Gasteiger partial charge in [-0.2, -0.15) is 5.26 Å². The van der Waals surface area contributed by atoms with Crippen molar-refractivity contribution in [3.05, 3.63) is 71.0 Å². The summed E-state index contributed by atoms with van der Waals surface area (Å²) in [5, 5.41) is 8.94. The lowest BCUT2D eigenvalue weighted by Gasteiger charge is -2.24. The van der Waals surface area contributed by atoms with E-state index < -0.39 is 0 Å². The molecule has 0 radical (unpaired) electrons. The number of thioether (sulfide) groups is 1. The molecule has 0 aliphatic carbocycles. The van der Waals surface area contributed by atoms with E-state index in [0.29, 0.717) is 30.8 Å². The van der Waals surface area contributed by atoms with Crippen molar-refractivity contribution in [2.24, 2.45) is 0 Å². The van der Waals surface area contributed by atoms with Crippen LogP contribution in [0.4, 0.5) is 9.18 Å². The Hall–Kier alpha value is -2.85. The van der Waals surface area contributed by atoms with Crippen molar-refractivity contribution in [2.45, 2.75) is 19.5 Å². The standard InChI is InChI=1S/C21H20FN3O2S/c22-19-3-1-2-18(12-19)15-25(14-17-6-4-16(13-23)5-7-17)20(26)8-9-24-10-11-28-21(24)27/h1-7,12H,8-11,14-15H2. The summed E-state index contributed by atoms with van der Waals surface area (Å²) in [5.74, 6) is 0.312. The molecular formula is C21H20FN3O2S. The third-order valence-electron chi connectivity index (χ3n) is 4.51. The highest BCUT2D eigenvalue weighted by atomic mass is 32.2. The lowest BCUT2D eigenvalue weighted by Crippen LogP contribution is -2.34. The van der Waals surface area contributed by atoms with E-state index in [0.717, 1.165) is 11.3 Å². The molecule has 28 heavy (non-hydrogen) atoms. The summed E-state index contributed by atoms with van der Waals surface area (Å²) in [6.07, 6.45) is 0.220. The second kappa shape index (κ2) is 9.38. The van der Waals surface area contributed by atoms with Gasteiger partial charge in [0.15, 0.2) is 0 Å². The molecule has 5 nitrogen and oxygen atoms in total. The van der Waals surface area contributed by atoms with Crippen molar-refractivity contribution in [1.82, 2.24) is 9.80 Å². The monoisotopic (exact) mass is 397 g/mol. The van der Waals surface area contributed by atoms with Crippen LogP contribution in [0.15, 0.2) is 48.5 Å². The van der Waals surface area contributed by atoms with Gasteiger partial charge in [-0.3, -0.25) is 9.59 Å². The number of rotatable bonds is 7. The van der Waals surface area contributed by atoms with E-state index >= 15 is 0 Å². The quantitative estimate of drug-likeness (QED) is 0.713. The molecule has 1 saturated heterocycles. The maximum absolute atomic E-state index is 13.5. The van der Waals surface area contributed by atoms with Crippen LogP contribution in [0.2, 0.25) is 0 Å². The lowest BCUT2D eigenvalue weighted by molar-refractivity contribution is -0.132. The smallest absolute Gasteiger partial charge is 0.281 e. The third kappa shape index (κ3) is 5.33. The predicted octanol–water partition coefficient (Wildman–Crippen LogP) is 3.79. The van der Waals surface area contributed by atoms with Crippen molar-refractivity contribution in [2.75, 3.05) is 18.8 Å². The maximum Gasteiger partial charge on any atom is 0.281 e. The molecule has 0 aromatic heterocycles. The largest absolute Gasteiger partial charge is 0.334 e. The molecule has 7 heteroatoms. The molecule has 0 saturated carbocycles. The van der Waals surface area contributed by atoms with Crippen LogP contribution in [0.3, 0.4) is 0 Å². The van der Waals surface area contributed by atoms with Crippen LogP contribution < -0.4 is 0 Å². The Morgan fingerprint density at radius 1 is 1.18 bits per heavy atom. The fourth-order valence-electron chi connectivity index (χ4n) is 3.01. The highest BCUT2D eigenvalue weighted by Crippen LogP contribution is 2.18. The highest BCUT2D eigenvalue weighted by molar-refractivity contribution is 8.13. The van der Waals surface area contributed by atoms with E-state index in [1.165, 1.54) is 23.9 Å². The zero-order valence-electron chi connectivity index (χ0n) is 15.3. The molecule has 1 heterocycles. The van der Waals surface area contributed by atoms with Gasteiger partial charge in [-0.1, -0.05) is 36.0 Å². The first kappa shape index (κ1) is 19.9. The third-order valence-corrected chi connectivity index (χ3v) is 5.40. The van der Waals surface area contributed by atoms with E-state index in [-0.39, 0.29) is 29.9 Å². The topological polar surface area (TPSA) is 64.4 Å². The normalized spacial score (nSPS) is 13.4. The van der Waals surface area contributed by atoms with Crippen molar-refractivity contribution in [1.29, 1.82) is 5.26 Å². The van der Waals surface area contributed by atoms with E-state index in [1.54, 1.807) is 34.1 Å². The number of nitriles is 1. The number of carbonyl (C=O) groups excluding carboxylic acids is 2. The Balaban J connectivity index is 1.71. The SMILES string of the molecule is N#Cc1ccc(CN(Cc2cccc(F)c2)C(=O)CCN2CCSC2=O)cc1. The van der Waals surface area contributed by atoms with Gasteiger partial charge in [-0.15, -0.1) is 0 Å². The van der Waals surface area contributed by atoms with Gasteiger partial charge in [0.25, 0.3) is 5.24 Å². The molecule has 1 aliphatic rings. The Morgan fingerprint density at radius 2 is 1.93 bits per heavy atom. The summed E-state index contributed by atoms with van der Waals surface area (Å²) < 4.78 is 13.5. The average molecular weight is 397 g/mol. The van der Waals surface area contributed by atoms with Gasteiger partial charge in [-0.05, 0) is 35.4 Å². The molecule has 0 N–H and O–H groups in total. The molecule has 0 atom stereocenters. The predicted molar refractivity (Wildman–Crippen MR) is 106 cm³/mol. The second-order valence-electron chi connectivity index (χ2n) is 6.54. The molecule has 0 spiro atoms. The molecule has 2 aromatic rings. The van der Waals surface area contributed by atoms with E-state index in [9.17, 15) is 14.0 Å². The number of halogens is 1. The van der Waals surface area contributed by atoms with Crippen molar-refractivity contribution in [3.8, 4) is 6.07 Å². The van der Waals surface area contributed by atoms with E-state index in [1.807, 2.05) is 12.1 Å². The number of benzene rings is 2. The summed E-state index contributed by atoms with van der Waals surface area (Å²) in [6.45, 7) is 1.68. The molecule has 2 amide bonds. The van der Waals surface area contributed by atoms with Gasteiger partial charge in [0, 0.05) is 38.4 Å². The number of carbonyl (C=O) groups is 2. The number of hydrogen-bond donors (Lipinski definition) is 0. The Bertz CT molecular complexity index is 895. The summed E-state index contributed by atoms with van der Waals surface area (Å²) in [5.41, 5.74) is 2.14. The molecule has 144 valence electrons. The van der Waals surface area contributed by atoms with Crippen LogP contribution >= 0.6 is 11.8 Å². The summed E-state index contributed by atoms with van der Waals surface area (Å²) in [4.78, 5) is 27.9. The molecular weight excluding hydrogens is 377 g/mol. The minimum absolute atomic E-state index is 0.0107. The second-order valence-corrected chi connectivity index (χ2v) is 7.59. The van der Waals surface area contributed by atoms with Gasteiger partial charge >= 0.3 is 0 Å². The average Bonchev–Trinajstić information content (AvgIpc) is 3.11. The minimum Gasteiger partial charge on any atom is -0.334 e. The van der Waals surface area contributed by atoms with Crippen LogP contribution in [0, 0.1) is 17.1 Å². The molecule has 0 unspecified atom stereocenters. The Labute approximate surface area is 167 Å². The van der Waals surface area contributed by atoms with Gasteiger partial charge in [0.1, 0.15) is 5.82 Å². The van der Waals surface area contributed by atoms with Crippen molar-refractivity contribution in [3.63, 3.8) is 0 Å². The zero-order chi connectivity index (χ0) is 19.9. The molecule has 3 rings (SSSR count). The zero-order valence-corrected chi connectivity index (χ0v) is 16.1. The van der Waals surface area contributed by atoms with Crippen molar-refractivity contribution < 1.29 is 14.0 Å². The first-order valence-corrected chi connectivity index (χ1v) is 9.96. The van der Waals surface area contributed by atoms with Crippen LogP contribution in [0.5, 0.6) is 0 Å². The van der Waals surface area contributed by atoms with Crippen LogP contribution in [0.1, 0.15) is 23.1 Å². The van der Waals surface area contributed by atoms with E-state index in [4.69, 9.17) is 5.26 Å². The van der Waals surface area contributed by atoms with Crippen LogP contribution in [-0.2, 0) is 17.9 Å². The Morgan fingerprint density at radius 3 is 2.57 bits per heavy atom. The number of nitrogens with zero attached hydrogens (tertiary/aromatic N) is 3. The summed E-state index contributed by atoms with van der Waals surface area (Å²) in [6, 6.07) is 15.3. The van der Waals surface area contributed by atoms with E-state index in [2.05, 4.69) is 6.07 Å². The minimum atomic E-state index is -0.344. The number of amides is 2. The van der Waals surface area contributed by atoms with Gasteiger partial charge in [0.05, 0.1) is 11.6 Å². The first-order chi connectivity index (χ1) is 13.5. The fourth-order valence-corrected chi connectivity index (χ4v) is 3.86.